The quantitative estimate of drug-likeness (QED) is 0.342. The molecule has 0 unspecified atom stereocenters. The van der Waals surface area contributed by atoms with Crippen molar-refractivity contribution < 1.29 is 23.1 Å². The van der Waals surface area contributed by atoms with Crippen LogP contribution in [0.5, 0.6) is 11.5 Å². The number of benzene rings is 3. The Hall–Kier alpha value is -3.85. The molecule has 0 aliphatic heterocycles. The molecule has 8 nitrogen and oxygen atoms in total. The minimum atomic E-state index is -4.01. The van der Waals surface area contributed by atoms with Crippen LogP contribution in [-0.2, 0) is 14.8 Å². The van der Waals surface area contributed by atoms with Crippen LogP contribution in [-0.4, -0.2) is 39.3 Å². The number of ether oxygens (including phenoxy) is 1. The van der Waals surface area contributed by atoms with Gasteiger partial charge in [-0.1, -0.05) is 43.7 Å². The molecule has 0 saturated heterocycles. The highest BCUT2D eigenvalue weighted by Crippen LogP contribution is 2.27. The number of hydrogen-bond acceptors (Lipinski definition) is 6. The van der Waals surface area contributed by atoms with Crippen LogP contribution < -0.4 is 14.5 Å². The summed E-state index contributed by atoms with van der Waals surface area (Å²) < 4.78 is 33.0. The number of carbonyl (C=O) groups is 1. The zero-order valence-corrected chi connectivity index (χ0v) is 20.9. The van der Waals surface area contributed by atoms with Gasteiger partial charge in [0.25, 0.3) is 15.9 Å². The maximum Gasteiger partial charge on any atom is 0.264 e. The zero-order chi connectivity index (χ0) is 25.6. The van der Waals surface area contributed by atoms with Crippen LogP contribution in [0.2, 0.25) is 0 Å². The summed E-state index contributed by atoms with van der Waals surface area (Å²) in [5, 5.41) is 13.6. The average molecular weight is 496 g/mol. The van der Waals surface area contributed by atoms with Crippen molar-refractivity contribution in [3.8, 4) is 11.5 Å². The van der Waals surface area contributed by atoms with E-state index in [1.54, 1.807) is 36.4 Å². The van der Waals surface area contributed by atoms with Gasteiger partial charge in [0.1, 0.15) is 6.54 Å². The summed E-state index contributed by atoms with van der Waals surface area (Å²) in [5.41, 5.74) is 5.30. The number of rotatable bonds is 9. The first-order valence-electron chi connectivity index (χ1n) is 11.0. The van der Waals surface area contributed by atoms with E-state index in [-0.39, 0.29) is 22.3 Å². The van der Waals surface area contributed by atoms with Gasteiger partial charge in [0, 0.05) is 0 Å². The predicted octanol–water partition coefficient (Wildman–Crippen LogP) is 4.18. The van der Waals surface area contributed by atoms with E-state index >= 15 is 0 Å². The summed E-state index contributed by atoms with van der Waals surface area (Å²) in [6.45, 7) is 5.50. The molecule has 0 spiro atoms. The molecule has 35 heavy (non-hydrogen) atoms. The van der Waals surface area contributed by atoms with Gasteiger partial charge in [-0.25, -0.2) is 13.8 Å². The fraction of sp³-hybridized carbons (Fsp3) is 0.231. The number of nitrogens with one attached hydrogen (secondary N) is 1. The summed E-state index contributed by atoms with van der Waals surface area (Å²) in [7, 11) is -2.59. The Balaban J connectivity index is 1.84. The number of hydrazone groups is 1. The second kappa shape index (κ2) is 11.1. The van der Waals surface area contributed by atoms with Gasteiger partial charge in [0.2, 0.25) is 0 Å². The standard InChI is InChI=1S/C26H29N3O5S/c1-18(2)21-8-10-22(11-9-21)29(35(32,33)23-12-5-19(3)6-13-23)17-26(31)28-27-16-20-7-14-24(30)25(15-20)34-4/h5-16,18,30H,17H2,1-4H3,(H,28,31)/b27-16-. The molecule has 3 aromatic carbocycles. The van der Waals surface area contributed by atoms with Crippen molar-refractivity contribution in [1.29, 1.82) is 0 Å². The van der Waals surface area contributed by atoms with E-state index in [2.05, 4.69) is 10.5 Å². The molecule has 0 bridgehead atoms. The first kappa shape index (κ1) is 25.8. The molecule has 0 fully saturated rings. The number of amides is 1. The van der Waals surface area contributed by atoms with Crippen LogP contribution in [0.3, 0.4) is 0 Å². The lowest BCUT2D eigenvalue weighted by molar-refractivity contribution is -0.119. The van der Waals surface area contributed by atoms with Crippen LogP contribution in [0.1, 0.15) is 36.5 Å². The molecule has 0 saturated carbocycles. The van der Waals surface area contributed by atoms with Crippen LogP contribution >= 0.6 is 0 Å². The Labute approximate surface area is 205 Å². The first-order chi connectivity index (χ1) is 16.6. The monoisotopic (exact) mass is 495 g/mol. The smallest absolute Gasteiger partial charge is 0.264 e. The van der Waals surface area contributed by atoms with Gasteiger partial charge in [-0.3, -0.25) is 9.10 Å². The van der Waals surface area contributed by atoms with Crippen molar-refractivity contribution in [3.05, 3.63) is 83.4 Å². The summed E-state index contributed by atoms with van der Waals surface area (Å²) in [6.07, 6.45) is 1.37. The van der Waals surface area contributed by atoms with Crippen molar-refractivity contribution in [3.63, 3.8) is 0 Å². The molecule has 3 aromatic rings. The number of phenols is 1. The molecule has 0 atom stereocenters. The van der Waals surface area contributed by atoms with E-state index in [0.717, 1.165) is 15.4 Å². The van der Waals surface area contributed by atoms with Crippen LogP contribution in [0.15, 0.2) is 76.7 Å². The highest BCUT2D eigenvalue weighted by molar-refractivity contribution is 7.92. The third kappa shape index (κ3) is 6.39. The fourth-order valence-electron chi connectivity index (χ4n) is 3.30. The van der Waals surface area contributed by atoms with E-state index in [4.69, 9.17) is 4.74 Å². The summed E-state index contributed by atoms with van der Waals surface area (Å²) in [5.74, 6) is -0.0902. The molecule has 184 valence electrons. The Morgan fingerprint density at radius 3 is 2.34 bits per heavy atom. The fourth-order valence-corrected chi connectivity index (χ4v) is 4.72. The van der Waals surface area contributed by atoms with E-state index < -0.39 is 22.5 Å². The topological polar surface area (TPSA) is 108 Å². The van der Waals surface area contributed by atoms with Crippen LogP contribution in [0.4, 0.5) is 5.69 Å². The van der Waals surface area contributed by atoms with Crippen LogP contribution in [0, 0.1) is 6.92 Å². The molecule has 1 amide bonds. The van der Waals surface area contributed by atoms with Gasteiger partial charge in [-0.2, -0.15) is 5.10 Å². The number of aromatic hydroxyl groups is 1. The number of phenolic OH excluding ortho intramolecular Hbond substituents is 1. The average Bonchev–Trinajstić information content (AvgIpc) is 2.84. The van der Waals surface area contributed by atoms with Crippen molar-refractivity contribution in [1.82, 2.24) is 5.43 Å². The summed E-state index contributed by atoms with van der Waals surface area (Å²) in [6, 6.07) is 18.2. The lowest BCUT2D eigenvalue weighted by Gasteiger charge is -2.24. The minimum absolute atomic E-state index is 0.0193. The van der Waals surface area contributed by atoms with Crippen molar-refractivity contribution in [2.24, 2.45) is 5.10 Å². The third-order valence-electron chi connectivity index (χ3n) is 5.35. The zero-order valence-electron chi connectivity index (χ0n) is 20.1. The Kier molecular flexibility index (Phi) is 8.14. The SMILES string of the molecule is COc1cc(/C=N\NC(=O)CN(c2ccc(C(C)C)cc2)S(=O)(=O)c2ccc(C)cc2)ccc1O. The maximum atomic E-state index is 13.5. The van der Waals surface area contributed by atoms with Crippen molar-refractivity contribution >= 4 is 27.8 Å². The molecule has 9 heteroatoms. The normalized spacial score (nSPS) is 11.6. The van der Waals surface area contributed by atoms with E-state index in [1.807, 2.05) is 32.9 Å². The molecular formula is C26H29N3O5S. The van der Waals surface area contributed by atoms with Gasteiger partial charge in [-0.05, 0) is 66.4 Å². The van der Waals surface area contributed by atoms with E-state index in [9.17, 15) is 18.3 Å². The molecule has 0 radical (unpaired) electrons. The highest BCUT2D eigenvalue weighted by atomic mass is 32.2. The molecule has 0 aromatic heterocycles. The van der Waals surface area contributed by atoms with Gasteiger partial charge >= 0.3 is 0 Å². The number of aryl methyl sites for hydroxylation is 1. The van der Waals surface area contributed by atoms with Gasteiger partial charge in [0.15, 0.2) is 11.5 Å². The number of carbonyl (C=O) groups excluding carboxylic acids is 1. The molecule has 0 aliphatic rings. The number of nitrogens with zero attached hydrogens (tertiary/aromatic N) is 2. The predicted molar refractivity (Wildman–Crippen MR) is 137 cm³/mol. The highest BCUT2D eigenvalue weighted by Gasteiger charge is 2.27. The second-order valence-corrected chi connectivity index (χ2v) is 10.2. The minimum Gasteiger partial charge on any atom is -0.504 e. The van der Waals surface area contributed by atoms with Crippen molar-refractivity contribution in [2.45, 2.75) is 31.6 Å². The molecule has 3 rings (SSSR count). The van der Waals surface area contributed by atoms with Crippen LogP contribution in [0.25, 0.3) is 0 Å². The largest absolute Gasteiger partial charge is 0.504 e. The summed E-state index contributed by atoms with van der Waals surface area (Å²) >= 11 is 0. The number of hydrogen-bond donors (Lipinski definition) is 2. The Morgan fingerprint density at radius 2 is 1.74 bits per heavy atom. The maximum absolute atomic E-state index is 13.5. The first-order valence-corrected chi connectivity index (χ1v) is 12.4. The van der Waals surface area contributed by atoms with E-state index in [1.165, 1.54) is 31.5 Å². The van der Waals surface area contributed by atoms with Gasteiger partial charge < -0.3 is 9.84 Å². The second-order valence-electron chi connectivity index (χ2n) is 8.30. The van der Waals surface area contributed by atoms with Gasteiger partial charge in [0.05, 0.1) is 23.9 Å². The molecule has 0 heterocycles. The number of sulfonamides is 1. The van der Waals surface area contributed by atoms with Gasteiger partial charge in [-0.15, -0.1) is 0 Å². The number of methoxy groups -OCH3 is 1. The summed E-state index contributed by atoms with van der Waals surface area (Å²) in [4.78, 5) is 12.8. The molecular weight excluding hydrogens is 466 g/mol. The Morgan fingerprint density at radius 1 is 1.09 bits per heavy atom. The van der Waals surface area contributed by atoms with E-state index in [0.29, 0.717) is 11.3 Å². The lowest BCUT2D eigenvalue weighted by Crippen LogP contribution is -2.39. The molecule has 0 aliphatic carbocycles. The number of anilines is 1. The lowest BCUT2D eigenvalue weighted by atomic mass is 10.0. The third-order valence-corrected chi connectivity index (χ3v) is 7.14. The van der Waals surface area contributed by atoms with Crippen molar-refractivity contribution in [2.75, 3.05) is 18.0 Å². The Bertz CT molecular complexity index is 1300. The molecule has 2 N–H and O–H groups in total.